The standard InChI is InChI=1S/C23H30N2O6/c1-4-7-20-19(23(28)31-24-20)14-17-8-10-18(11-9-17)25(15-21(26)29-12-5-2)16-22(27)30-13-6-3/h8-11,14H,4-7,12-13,15-16H2,1-3H3. The number of hydrogen-bond acceptors (Lipinski definition) is 8. The largest absolute Gasteiger partial charge is 0.464 e. The molecule has 1 aliphatic heterocycles. The molecule has 1 aliphatic rings. The molecule has 2 rings (SSSR count). The van der Waals surface area contributed by atoms with E-state index in [0.717, 1.165) is 24.8 Å². The number of benzene rings is 1. The van der Waals surface area contributed by atoms with Gasteiger partial charge in [-0.05, 0) is 43.0 Å². The number of esters is 2. The molecule has 8 heteroatoms. The van der Waals surface area contributed by atoms with Gasteiger partial charge in [0.2, 0.25) is 0 Å². The van der Waals surface area contributed by atoms with Crippen molar-refractivity contribution in [2.45, 2.75) is 46.5 Å². The molecular formula is C23H30N2O6. The number of anilines is 1. The van der Waals surface area contributed by atoms with Gasteiger partial charge >= 0.3 is 17.9 Å². The summed E-state index contributed by atoms with van der Waals surface area (Å²) in [6, 6.07) is 7.17. The van der Waals surface area contributed by atoms with Crippen LogP contribution in [0.15, 0.2) is 35.0 Å². The van der Waals surface area contributed by atoms with Gasteiger partial charge in [-0.2, -0.15) is 0 Å². The molecule has 0 bridgehead atoms. The molecule has 1 aromatic rings. The average Bonchev–Trinajstić information content (AvgIpc) is 3.10. The molecule has 0 saturated heterocycles. The van der Waals surface area contributed by atoms with Crippen LogP contribution in [0.5, 0.6) is 0 Å². The molecule has 0 aliphatic carbocycles. The zero-order valence-corrected chi connectivity index (χ0v) is 18.4. The lowest BCUT2D eigenvalue weighted by Gasteiger charge is -2.23. The molecule has 0 amide bonds. The molecule has 1 aromatic carbocycles. The molecule has 0 spiro atoms. The van der Waals surface area contributed by atoms with Gasteiger partial charge in [0.05, 0.1) is 24.5 Å². The Kier molecular flexibility index (Phi) is 9.74. The van der Waals surface area contributed by atoms with Gasteiger partial charge in [-0.25, -0.2) is 4.79 Å². The Balaban J connectivity index is 2.17. The van der Waals surface area contributed by atoms with E-state index in [0.29, 0.717) is 36.6 Å². The lowest BCUT2D eigenvalue weighted by molar-refractivity contribution is -0.143. The third kappa shape index (κ3) is 7.55. The molecule has 0 atom stereocenters. The highest BCUT2D eigenvalue weighted by atomic mass is 16.7. The predicted octanol–water partition coefficient (Wildman–Crippen LogP) is 3.50. The maximum atomic E-state index is 12.1. The summed E-state index contributed by atoms with van der Waals surface area (Å²) in [7, 11) is 0. The molecule has 0 radical (unpaired) electrons. The SMILES string of the molecule is CCCOC(=O)CN(CC(=O)OCCC)c1ccc(C=C2C(=O)ON=C2CCC)cc1. The lowest BCUT2D eigenvalue weighted by Crippen LogP contribution is -2.36. The highest BCUT2D eigenvalue weighted by Crippen LogP contribution is 2.21. The highest BCUT2D eigenvalue weighted by Gasteiger charge is 2.24. The third-order valence-corrected chi connectivity index (χ3v) is 4.40. The van der Waals surface area contributed by atoms with Gasteiger partial charge in [0.15, 0.2) is 0 Å². The first-order valence-corrected chi connectivity index (χ1v) is 10.6. The third-order valence-electron chi connectivity index (χ3n) is 4.40. The van der Waals surface area contributed by atoms with Crippen molar-refractivity contribution in [2.24, 2.45) is 5.16 Å². The smallest absolute Gasteiger partial charge is 0.367 e. The minimum atomic E-state index is -0.466. The minimum Gasteiger partial charge on any atom is -0.464 e. The van der Waals surface area contributed by atoms with Crippen LogP contribution in [0.4, 0.5) is 5.69 Å². The van der Waals surface area contributed by atoms with Gasteiger partial charge in [0.25, 0.3) is 0 Å². The summed E-state index contributed by atoms with van der Waals surface area (Å²) < 4.78 is 10.3. The van der Waals surface area contributed by atoms with Crippen molar-refractivity contribution in [3.63, 3.8) is 0 Å². The number of rotatable bonds is 12. The second-order valence-electron chi connectivity index (χ2n) is 7.11. The van der Waals surface area contributed by atoms with E-state index in [2.05, 4.69) is 5.16 Å². The summed E-state index contributed by atoms with van der Waals surface area (Å²) in [6.45, 7) is 6.36. The van der Waals surface area contributed by atoms with E-state index in [1.165, 1.54) is 0 Å². The maximum absolute atomic E-state index is 12.1. The van der Waals surface area contributed by atoms with Crippen LogP contribution in [0.25, 0.3) is 6.08 Å². The minimum absolute atomic E-state index is 0.0682. The Morgan fingerprint density at radius 3 is 2.06 bits per heavy atom. The highest BCUT2D eigenvalue weighted by molar-refractivity contribution is 6.25. The van der Waals surface area contributed by atoms with E-state index in [-0.39, 0.29) is 13.1 Å². The van der Waals surface area contributed by atoms with E-state index in [4.69, 9.17) is 14.3 Å². The molecule has 0 aromatic heterocycles. The predicted molar refractivity (Wildman–Crippen MR) is 118 cm³/mol. The van der Waals surface area contributed by atoms with Gasteiger partial charge in [-0.15, -0.1) is 0 Å². The molecular weight excluding hydrogens is 400 g/mol. The number of oxime groups is 1. The Bertz CT molecular complexity index is 807. The second kappa shape index (κ2) is 12.5. The van der Waals surface area contributed by atoms with Gasteiger partial charge in [0, 0.05) is 5.69 Å². The Labute approximate surface area is 182 Å². The summed E-state index contributed by atoms with van der Waals surface area (Å²) in [4.78, 5) is 42.6. The van der Waals surface area contributed by atoms with Crippen LogP contribution in [-0.2, 0) is 28.7 Å². The van der Waals surface area contributed by atoms with Crippen LogP contribution in [0, 0.1) is 0 Å². The molecule has 0 unspecified atom stereocenters. The van der Waals surface area contributed by atoms with E-state index >= 15 is 0 Å². The van der Waals surface area contributed by atoms with Gasteiger partial charge in [-0.1, -0.05) is 44.5 Å². The van der Waals surface area contributed by atoms with Crippen LogP contribution < -0.4 is 4.90 Å². The molecule has 168 valence electrons. The molecule has 8 nitrogen and oxygen atoms in total. The quantitative estimate of drug-likeness (QED) is 0.285. The van der Waals surface area contributed by atoms with Crippen molar-refractivity contribution < 1.29 is 28.7 Å². The Morgan fingerprint density at radius 1 is 0.968 bits per heavy atom. The number of carbonyl (C=O) groups excluding carboxylic acids is 3. The van der Waals surface area contributed by atoms with Crippen molar-refractivity contribution >= 4 is 35.4 Å². The van der Waals surface area contributed by atoms with Gasteiger partial charge in [-0.3, -0.25) is 9.59 Å². The van der Waals surface area contributed by atoms with Crippen LogP contribution in [0.3, 0.4) is 0 Å². The summed E-state index contributed by atoms with van der Waals surface area (Å²) >= 11 is 0. The summed E-state index contributed by atoms with van der Waals surface area (Å²) in [5, 5.41) is 3.83. The van der Waals surface area contributed by atoms with Crippen molar-refractivity contribution in [1.82, 2.24) is 0 Å². The summed E-state index contributed by atoms with van der Waals surface area (Å²) in [5.41, 5.74) is 2.53. The number of ether oxygens (including phenoxy) is 2. The van der Waals surface area contributed by atoms with Crippen molar-refractivity contribution in [3.05, 3.63) is 35.4 Å². The van der Waals surface area contributed by atoms with Crippen molar-refractivity contribution in [2.75, 3.05) is 31.2 Å². The first-order valence-electron chi connectivity index (χ1n) is 10.6. The Hall–Kier alpha value is -3.16. The number of hydrogen-bond donors (Lipinski definition) is 0. The first-order chi connectivity index (χ1) is 15.0. The summed E-state index contributed by atoms with van der Waals surface area (Å²) in [6.07, 6.45) is 4.67. The average molecular weight is 431 g/mol. The van der Waals surface area contributed by atoms with Crippen LogP contribution in [-0.4, -0.2) is 49.9 Å². The van der Waals surface area contributed by atoms with Crippen LogP contribution >= 0.6 is 0 Å². The van der Waals surface area contributed by atoms with Crippen LogP contribution in [0.2, 0.25) is 0 Å². The van der Waals surface area contributed by atoms with E-state index in [1.807, 2.05) is 20.8 Å². The fourth-order valence-electron chi connectivity index (χ4n) is 2.89. The van der Waals surface area contributed by atoms with E-state index in [9.17, 15) is 14.4 Å². The van der Waals surface area contributed by atoms with Crippen molar-refractivity contribution in [1.29, 1.82) is 0 Å². The lowest BCUT2D eigenvalue weighted by atomic mass is 10.0. The second-order valence-corrected chi connectivity index (χ2v) is 7.11. The fourth-order valence-corrected chi connectivity index (χ4v) is 2.89. The van der Waals surface area contributed by atoms with Gasteiger partial charge < -0.3 is 19.2 Å². The zero-order chi connectivity index (χ0) is 22.6. The molecule has 1 heterocycles. The number of nitrogens with zero attached hydrogens (tertiary/aromatic N) is 2. The normalized spacial score (nSPS) is 14.2. The molecule has 0 saturated carbocycles. The van der Waals surface area contributed by atoms with E-state index in [1.54, 1.807) is 35.2 Å². The topological polar surface area (TPSA) is 94.5 Å². The molecule has 31 heavy (non-hydrogen) atoms. The van der Waals surface area contributed by atoms with Gasteiger partial charge in [0.1, 0.15) is 13.1 Å². The molecule has 0 N–H and O–H groups in total. The Morgan fingerprint density at radius 2 is 1.55 bits per heavy atom. The molecule has 0 fully saturated rings. The monoisotopic (exact) mass is 430 g/mol. The summed E-state index contributed by atoms with van der Waals surface area (Å²) in [5.74, 6) is -1.29. The van der Waals surface area contributed by atoms with E-state index < -0.39 is 17.9 Å². The fraction of sp³-hybridized carbons (Fsp3) is 0.478. The van der Waals surface area contributed by atoms with Crippen LogP contribution in [0.1, 0.15) is 52.0 Å². The first kappa shape index (κ1) is 24.1. The maximum Gasteiger partial charge on any atom is 0.367 e. The van der Waals surface area contributed by atoms with Crippen molar-refractivity contribution in [3.8, 4) is 0 Å². The zero-order valence-electron chi connectivity index (χ0n) is 18.4. The number of carbonyl (C=O) groups is 3.